The molecule has 45 heavy (non-hydrogen) atoms. The average Bonchev–Trinajstić information content (AvgIpc) is 3.03. The van der Waals surface area contributed by atoms with E-state index in [1.165, 1.54) is 0 Å². The number of urea groups is 1. The Hall–Kier alpha value is -3.91. The van der Waals surface area contributed by atoms with Crippen molar-refractivity contribution >= 4 is 17.8 Å². The number of fused-ring (bicyclic) bond motifs is 5. The predicted octanol–water partition coefficient (Wildman–Crippen LogP) is 1.49. The molecule has 0 unspecified atom stereocenters. The van der Waals surface area contributed by atoms with Crippen molar-refractivity contribution in [3.8, 4) is 17.2 Å². The van der Waals surface area contributed by atoms with E-state index < -0.39 is 17.7 Å². The Morgan fingerprint density at radius 1 is 1.04 bits per heavy atom. The topological polar surface area (TPSA) is 151 Å². The first-order chi connectivity index (χ1) is 21.7. The van der Waals surface area contributed by atoms with Gasteiger partial charge in [-0.05, 0) is 56.1 Å². The molecule has 2 aromatic carbocycles. The summed E-state index contributed by atoms with van der Waals surface area (Å²) in [6.07, 6.45) is 0.696. The molecule has 0 aliphatic carbocycles. The molecule has 4 amide bonds. The van der Waals surface area contributed by atoms with Gasteiger partial charge in [-0.25, -0.2) is 4.79 Å². The molecule has 0 spiro atoms. The van der Waals surface area contributed by atoms with E-state index in [4.69, 9.17) is 18.9 Å². The number of likely N-dealkylation sites (tertiary alicyclic amines) is 2. The number of hydrogen-bond acceptors (Lipinski definition) is 9. The normalized spacial score (nSPS) is 22.8. The summed E-state index contributed by atoms with van der Waals surface area (Å²) in [5, 5.41) is 19.8. The summed E-state index contributed by atoms with van der Waals surface area (Å²) in [7, 11) is 3.56. The van der Waals surface area contributed by atoms with Crippen LogP contribution in [0.4, 0.5) is 4.79 Å². The van der Waals surface area contributed by atoms with E-state index in [2.05, 4.69) is 20.9 Å². The highest BCUT2D eigenvalue weighted by Crippen LogP contribution is 2.30. The molecule has 2 aromatic rings. The summed E-state index contributed by atoms with van der Waals surface area (Å²) in [5.41, 5.74) is -0.236. The smallest absolute Gasteiger partial charge is 0.315 e. The lowest BCUT2D eigenvalue weighted by atomic mass is 9.89. The molecule has 3 aliphatic heterocycles. The van der Waals surface area contributed by atoms with E-state index >= 15 is 0 Å². The SMILES string of the molecule is COCCOc1cc2cc(c1)C(=O)NCCNC(=O)N[C@H]1CCN(C(=O)C3(O)CCN(C)CC3)C[C@@H]1OCc1cccc(c1)O2. The summed E-state index contributed by atoms with van der Waals surface area (Å²) in [4.78, 5) is 43.1. The highest BCUT2D eigenvalue weighted by atomic mass is 16.5. The Kier molecular flexibility index (Phi) is 10.8. The third kappa shape index (κ3) is 8.63. The molecular weight excluding hydrogens is 582 g/mol. The number of nitrogens with zero attached hydrogens (tertiary/aromatic N) is 2. The second kappa shape index (κ2) is 14.9. The van der Waals surface area contributed by atoms with Crippen molar-refractivity contribution < 1.29 is 38.4 Å². The van der Waals surface area contributed by atoms with E-state index in [1.807, 2.05) is 25.2 Å². The second-order valence-corrected chi connectivity index (χ2v) is 11.8. The maximum atomic E-state index is 13.5. The van der Waals surface area contributed by atoms with Crippen LogP contribution in [0.15, 0.2) is 42.5 Å². The van der Waals surface area contributed by atoms with Crippen LogP contribution in [0.1, 0.15) is 35.2 Å². The standard InChI is InChI=1S/C32H43N5O8/c1-36-12-7-32(41,8-13-36)30(39)37-11-6-27-28(20-37)44-21-22-4-3-5-24(16-22)45-26-18-23(17-25(19-26)43-15-14-42-2)29(38)33-9-10-34-31(40)35-27/h3-5,16-19,27-28,41H,6-15,20-21H2,1-2H3,(H,33,38)(H2,34,35,40)/t27-,28-/m0/s1. The molecule has 0 aromatic heterocycles. The minimum Gasteiger partial charge on any atom is -0.491 e. The van der Waals surface area contributed by atoms with Gasteiger partial charge in [-0.15, -0.1) is 0 Å². The Morgan fingerprint density at radius 2 is 1.84 bits per heavy atom. The lowest BCUT2D eigenvalue weighted by Gasteiger charge is -2.43. The molecule has 2 saturated heterocycles. The van der Waals surface area contributed by atoms with Crippen LogP contribution in [0.3, 0.4) is 0 Å². The minimum atomic E-state index is -1.40. The molecule has 4 bridgehead atoms. The number of rotatable bonds is 5. The fraction of sp³-hybridized carbons (Fsp3) is 0.531. The zero-order valence-corrected chi connectivity index (χ0v) is 25.9. The first-order valence-electron chi connectivity index (χ1n) is 15.4. The second-order valence-electron chi connectivity index (χ2n) is 11.8. The average molecular weight is 626 g/mol. The van der Waals surface area contributed by atoms with Crippen LogP contribution in [0.5, 0.6) is 17.2 Å². The summed E-state index contributed by atoms with van der Waals surface area (Å²) in [5.74, 6) is 0.775. The molecule has 0 radical (unpaired) electrons. The van der Waals surface area contributed by atoms with Gasteiger partial charge in [0.25, 0.3) is 11.8 Å². The third-order valence-corrected chi connectivity index (χ3v) is 8.37. The number of benzene rings is 2. The fourth-order valence-electron chi connectivity index (χ4n) is 5.73. The lowest BCUT2D eigenvalue weighted by molar-refractivity contribution is -0.161. The zero-order valence-electron chi connectivity index (χ0n) is 25.9. The molecule has 3 aliphatic rings. The van der Waals surface area contributed by atoms with Gasteiger partial charge in [-0.3, -0.25) is 9.59 Å². The number of carbonyl (C=O) groups excluding carboxylic acids is 3. The maximum Gasteiger partial charge on any atom is 0.315 e. The monoisotopic (exact) mass is 625 g/mol. The molecular formula is C32H43N5O8. The zero-order chi connectivity index (χ0) is 31.8. The van der Waals surface area contributed by atoms with E-state index in [0.29, 0.717) is 74.9 Å². The molecule has 244 valence electrons. The summed E-state index contributed by atoms with van der Waals surface area (Å²) < 4.78 is 23.3. The van der Waals surface area contributed by atoms with Crippen molar-refractivity contribution in [1.29, 1.82) is 0 Å². The van der Waals surface area contributed by atoms with Gasteiger partial charge in [0.1, 0.15) is 29.5 Å². The highest BCUT2D eigenvalue weighted by molar-refractivity contribution is 5.95. The van der Waals surface area contributed by atoms with Crippen LogP contribution in [0.25, 0.3) is 0 Å². The first-order valence-corrected chi connectivity index (χ1v) is 15.4. The molecule has 3 heterocycles. The Morgan fingerprint density at radius 3 is 2.64 bits per heavy atom. The molecule has 2 fully saturated rings. The number of hydrogen-bond donors (Lipinski definition) is 4. The summed E-state index contributed by atoms with van der Waals surface area (Å²) >= 11 is 0. The van der Waals surface area contributed by atoms with Gasteiger partial charge >= 0.3 is 6.03 Å². The van der Waals surface area contributed by atoms with Gasteiger partial charge in [0.2, 0.25) is 0 Å². The van der Waals surface area contributed by atoms with Crippen LogP contribution >= 0.6 is 0 Å². The van der Waals surface area contributed by atoms with E-state index in [-0.39, 0.29) is 44.1 Å². The summed E-state index contributed by atoms with van der Waals surface area (Å²) in [6.45, 7) is 3.18. The van der Waals surface area contributed by atoms with Crippen molar-refractivity contribution in [2.75, 3.05) is 66.6 Å². The van der Waals surface area contributed by atoms with Gasteiger partial charge in [-0.1, -0.05) is 12.1 Å². The van der Waals surface area contributed by atoms with Crippen LogP contribution in [0.2, 0.25) is 0 Å². The molecule has 4 N–H and O–H groups in total. The maximum absolute atomic E-state index is 13.5. The van der Waals surface area contributed by atoms with Gasteiger partial charge in [0, 0.05) is 58.0 Å². The van der Waals surface area contributed by atoms with Crippen LogP contribution in [0, 0.1) is 0 Å². The minimum absolute atomic E-state index is 0.194. The van der Waals surface area contributed by atoms with Crippen LogP contribution in [-0.4, -0.2) is 117 Å². The highest BCUT2D eigenvalue weighted by Gasteiger charge is 2.44. The van der Waals surface area contributed by atoms with Crippen molar-refractivity contribution in [3.05, 3.63) is 53.6 Å². The molecule has 2 atom stereocenters. The Balaban J connectivity index is 1.35. The van der Waals surface area contributed by atoms with Crippen molar-refractivity contribution in [1.82, 2.24) is 25.8 Å². The molecule has 13 heteroatoms. The largest absolute Gasteiger partial charge is 0.491 e. The number of aliphatic hydroxyl groups is 1. The van der Waals surface area contributed by atoms with E-state index in [1.54, 1.807) is 36.3 Å². The van der Waals surface area contributed by atoms with Gasteiger partial charge in [0.05, 0.1) is 25.4 Å². The van der Waals surface area contributed by atoms with Gasteiger partial charge < -0.3 is 49.8 Å². The van der Waals surface area contributed by atoms with E-state index in [0.717, 1.165) is 5.56 Å². The fourth-order valence-corrected chi connectivity index (χ4v) is 5.73. The lowest BCUT2D eigenvalue weighted by Crippen LogP contribution is -2.62. The van der Waals surface area contributed by atoms with Crippen molar-refractivity contribution in [2.45, 2.75) is 43.6 Å². The van der Waals surface area contributed by atoms with Gasteiger partial charge in [-0.2, -0.15) is 0 Å². The van der Waals surface area contributed by atoms with Crippen LogP contribution < -0.4 is 25.4 Å². The number of methoxy groups -OCH3 is 1. The van der Waals surface area contributed by atoms with Crippen molar-refractivity contribution in [3.63, 3.8) is 0 Å². The van der Waals surface area contributed by atoms with Crippen LogP contribution in [-0.2, 0) is 20.9 Å². The quantitative estimate of drug-likeness (QED) is 0.363. The van der Waals surface area contributed by atoms with Gasteiger partial charge in [0.15, 0.2) is 0 Å². The summed E-state index contributed by atoms with van der Waals surface area (Å²) in [6, 6.07) is 11.6. The number of amides is 4. The Labute approximate surface area is 263 Å². The molecule has 13 nitrogen and oxygen atoms in total. The predicted molar refractivity (Wildman–Crippen MR) is 164 cm³/mol. The molecule has 0 saturated carbocycles. The number of piperidine rings is 2. The number of nitrogens with one attached hydrogen (secondary N) is 3. The Bertz CT molecular complexity index is 1350. The van der Waals surface area contributed by atoms with Crippen molar-refractivity contribution in [2.24, 2.45) is 0 Å². The number of carbonyl (C=O) groups is 3. The number of ether oxygens (including phenoxy) is 4. The first kappa shape index (κ1) is 32.5. The molecule has 5 rings (SSSR count). The van der Waals surface area contributed by atoms with E-state index in [9.17, 15) is 19.5 Å². The third-order valence-electron chi connectivity index (χ3n) is 8.37.